The number of rotatable bonds is 2. The molecule has 18 heavy (non-hydrogen) atoms. The summed E-state index contributed by atoms with van der Waals surface area (Å²) in [7, 11) is 0. The van der Waals surface area contributed by atoms with E-state index in [9.17, 15) is 9.90 Å². The lowest BCUT2D eigenvalue weighted by molar-refractivity contribution is 0.112. The Morgan fingerprint density at radius 1 is 1.44 bits per heavy atom. The number of hydrogen-bond donors (Lipinski definition) is 2. The summed E-state index contributed by atoms with van der Waals surface area (Å²) in [5, 5.41) is 14.2. The molecule has 2 aromatic heterocycles. The summed E-state index contributed by atoms with van der Waals surface area (Å²) in [5.41, 5.74) is 2.58. The highest BCUT2D eigenvalue weighted by molar-refractivity contribution is 6.01. The molecule has 0 radical (unpaired) electrons. The average Bonchev–Trinajstić information content (AvgIpc) is 2.93. The van der Waals surface area contributed by atoms with Crippen LogP contribution in [0.1, 0.15) is 16.1 Å². The van der Waals surface area contributed by atoms with Gasteiger partial charge >= 0.3 is 0 Å². The van der Waals surface area contributed by atoms with Crippen LogP contribution in [0.2, 0.25) is 0 Å². The fourth-order valence-electron chi connectivity index (χ4n) is 2.15. The number of nitrogens with one attached hydrogen (secondary N) is 1. The van der Waals surface area contributed by atoms with Gasteiger partial charge in [-0.3, -0.25) is 4.79 Å². The van der Waals surface area contributed by atoms with Crippen LogP contribution < -0.4 is 0 Å². The third-order valence-electron chi connectivity index (χ3n) is 2.95. The van der Waals surface area contributed by atoms with Crippen molar-refractivity contribution in [3.05, 3.63) is 35.7 Å². The van der Waals surface area contributed by atoms with Gasteiger partial charge in [0.05, 0.1) is 17.3 Å². The third-order valence-corrected chi connectivity index (χ3v) is 2.95. The van der Waals surface area contributed by atoms with Crippen LogP contribution in [0, 0.1) is 6.92 Å². The van der Waals surface area contributed by atoms with E-state index in [2.05, 4.69) is 10.1 Å². The first-order chi connectivity index (χ1) is 8.72. The first-order valence-electron chi connectivity index (χ1n) is 5.43. The number of hydrogen-bond acceptors (Lipinski definition) is 4. The molecule has 3 aromatic rings. The fourth-order valence-corrected chi connectivity index (χ4v) is 2.15. The highest BCUT2D eigenvalue weighted by Gasteiger charge is 2.19. The Balaban J connectivity index is 2.39. The zero-order valence-corrected chi connectivity index (χ0v) is 9.60. The van der Waals surface area contributed by atoms with E-state index in [-0.39, 0.29) is 5.75 Å². The normalized spacial score (nSPS) is 10.9. The fraction of sp³-hybridized carbons (Fsp3) is 0.0769. The Kier molecular flexibility index (Phi) is 2.19. The highest BCUT2D eigenvalue weighted by atomic mass is 16.5. The SMILES string of the molecule is Cc1[nH]c2c(O)cccc2c1-c1oncc1C=O. The minimum Gasteiger partial charge on any atom is -0.506 e. The first kappa shape index (κ1) is 10.6. The molecule has 0 amide bonds. The molecular formula is C13H10N2O3. The lowest BCUT2D eigenvalue weighted by Gasteiger charge is -1.97. The molecule has 5 nitrogen and oxygen atoms in total. The van der Waals surface area contributed by atoms with Gasteiger partial charge in [0.2, 0.25) is 0 Å². The lowest BCUT2D eigenvalue weighted by atomic mass is 10.1. The summed E-state index contributed by atoms with van der Waals surface area (Å²) in [6.07, 6.45) is 2.08. The lowest BCUT2D eigenvalue weighted by Crippen LogP contribution is -1.82. The van der Waals surface area contributed by atoms with Gasteiger partial charge in [-0.2, -0.15) is 0 Å². The monoisotopic (exact) mass is 242 g/mol. The highest BCUT2D eigenvalue weighted by Crippen LogP contribution is 2.36. The van der Waals surface area contributed by atoms with Gasteiger partial charge in [-0.15, -0.1) is 0 Å². The predicted molar refractivity (Wildman–Crippen MR) is 65.6 cm³/mol. The van der Waals surface area contributed by atoms with Gasteiger partial charge < -0.3 is 14.6 Å². The van der Waals surface area contributed by atoms with E-state index in [1.165, 1.54) is 6.20 Å². The number of aryl methyl sites for hydroxylation is 1. The second-order valence-corrected chi connectivity index (χ2v) is 4.05. The molecule has 0 aliphatic carbocycles. The minimum absolute atomic E-state index is 0.161. The molecule has 3 rings (SSSR count). The topological polar surface area (TPSA) is 79.1 Å². The minimum atomic E-state index is 0.161. The van der Waals surface area contributed by atoms with Crippen LogP contribution in [0.5, 0.6) is 5.75 Å². The Morgan fingerprint density at radius 2 is 2.28 bits per heavy atom. The van der Waals surface area contributed by atoms with E-state index in [1.54, 1.807) is 12.1 Å². The third kappa shape index (κ3) is 1.34. The smallest absolute Gasteiger partial charge is 0.179 e. The molecule has 0 spiro atoms. The molecule has 2 N–H and O–H groups in total. The number of phenolic OH excluding ortho intramolecular Hbond substituents is 1. The Hall–Kier alpha value is -2.56. The molecule has 0 aliphatic rings. The molecule has 0 fully saturated rings. The number of aromatic hydroxyl groups is 1. The summed E-state index contributed by atoms with van der Waals surface area (Å²) in [4.78, 5) is 14.0. The van der Waals surface area contributed by atoms with E-state index in [4.69, 9.17) is 4.52 Å². The molecule has 0 saturated heterocycles. The van der Waals surface area contributed by atoms with Crippen LogP contribution in [0.25, 0.3) is 22.2 Å². The molecule has 1 aromatic carbocycles. The molecule has 90 valence electrons. The van der Waals surface area contributed by atoms with Crippen molar-refractivity contribution in [2.24, 2.45) is 0 Å². The zero-order valence-electron chi connectivity index (χ0n) is 9.60. The number of carbonyl (C=O) groups excluding carboxylic acids is 1. The number of para-hydroxylation sites is 1. The number of aromatic nitrogens is 2. The van der Waals surface area contributed by atoms with Crippen LogP contribution in [-0.2, 0) is 0 Å². The molecule has 5 heteroatoms. The van der Waals surface area contributed by atoms with Gasteiger partial charge in [-0.25, -0.2) is 0 Å². The molecule has 0 bridgehead atoms. The Bertz CT molecular complexity index is 740. The van der Waals surface area contributed by atoms with Crippen molar-refractivity contribution in [1.29, 1.82) is 0 Å². The van der Waals surface area contributed by atoms with Crippen molar-refractivity contribution >= 4 is 17.2 Å². The molecular weight excluding hydrogens is 232 g/mol. The number of aromatic amines is 1. The van der Waals surface area contributed by atoms with E-state index in [1.807, 2.05) is 13.0 Å². The van der Waals surface area contributed by atoms with E-state index >= 15 is 0 Å². The molecule has 0 saturated carbocycles. The zero-order chi connectivity index (χ0) is 12.7. The summed E-state index contributed by atoms with van der Waals surface area (Å²) >= 11 is 0. The van der Waals surface area contributed by atoms with Crippen molar-refractivity contribution in [3.8, 4) is 17.1 Å². The van der Waals surface area contributed by atoms with Crippen LogP contribution in [0.4, 0.5) is 0 Å². The maximum Gasteiger partial charge on any atom is 0.179 e. The summed E-state index contributed by atoms with van der Waals surface area (Å²) in [6, 6.07) is 5.19. The average molecular weight is 242 g/mol. The van der Waals surface area contributed by atoms with Gasteiger partial charge in [-0.1, -0.05) is 17.3 Å². The van der Waals surface area contributed by atoms with Crippen molar-refractivity contribution in [2.75, 3.05) is 0 Å². The number of phenols is 1. The quantitative estimate of drug-likeness (QED) is 0.677. The second-order valence-electron chi connectivity index (χ2n) is 4.05. The predicted octanol–water partition coefficient (Wildman–Crippen LogP) is 2.65. The molecule has 2 heterocycles. The van der Waals surface area contributed by atoms with E-state index in [0.717, 1.165) is 16.6 Å². The van der Waals surface area contributed by atoms with Gasteiger partial charge in [0.15, 0.2) is 12.0 Å². The number of H-pyrrole nitrogens is 1. The number of nitrogens with zero attached hydrogens (tertiary/aromatic N) is 1. The largest absolute Gasteiger partial charge is 0.506 e. The van der Waals surface area contributed by atoms with E-state index in [0.29, 0.717) is 23.1 Å². The Morgan fingerprint density at radius 3 is 3.06 bits per heavy atom. The molecule has 0 atom stereocenters. The van der Waals surface area contributed by atoms with Crippen molar-refractivity contribution < 1.29 is 14.4 Å². The number of benzene rings is 1. The maximum atomic E-state index is 10.9. The maximum absolute atomic E-state index is 10.9. The number of carbonyl (C=O) groups is 1. The molecule has 0 aliphatic heterocycles. The summed E-state index contributed by atoms with van der Waals surface area (Å²) in [6.45, 7) is 1.85. The van der Waals surface area contributed by atoms with E-state index < -0.39 is 0 Å². The van der Waals surface area contributed by atoms with Gasteiger partial charge in [-0.05, 0) is 13.0 Å². The van der Waals surface area contributed by atoms with Gasteiger partial charge in [0, 0.05) is 16.6 Å². The summed E-state index contributed by atoms with van der Waals surface area (Å²) in [5.74, 6) is 0.577. The van der Waals surface area contributed by atoms with Crippen molar-refractivity contribution in [2.45, 2.75) is 6.92 Å². The second kappa shape index (κ2) is 3.73. The summed E-state index contributed by atoms with van der Waals surface area (Å²) < 4.78 is 5.15. The van der Waals surface area contributed by atoms with Gasteiger partial charge in [0.1, 0.15) is 5.75 Å². The van der Waals surface area contributed by atoms with Crippen LogP contribution in [-0.4, -0.2) is 21.5 Å². The standard InChI is InChI=1S/C13H10N2O3/c1-7-11(13-8(6-16)5-14-18-13)9-3-2-4-10(17)12(9)15-7/h2-6,15,17H,1H3. The number of aldehydes is 1. The first-order valence-corrected chi connectivity index (χ1v) is 5.43. The molecule has 0 unspecified atom stereocenters. The van der Waals surface area contributed by atoms with Crippen LogP contribution >= 0.6 is 0 Å². The van der Waals surface area contributed by atoms with Crippen LogP contribution in [0.3, 0.4) is 0 Å². The van der Waals surface area contributed by atoms with Crippen molar-refractivity contribution in [3.63, 3.8) is 0 Å². The van der Waals surface area contributed by atoms with Crippen molar-refractivity contribution in [1.82, 2.24) is 10.1 Å². The number of fused-ring (bicyclic) bond motifs is 1. The van der Waals surface area contributed by atoms with Crippen LogP contribution in [0.15, 0.2) is 28.9 Å². The Labute approximate surface area is 102 Å². The van der Waals surface area contributed by atoms with Gasteiger partial charge in [0.25, 0.3) is 0 Å².